The Bertz CT molecular complexity index is 489. The molecule has 15 heavy (non-hydrogen) atoms. The summed E-state index contributed by atoms with van der Waals surface area (Å²) < 4.78 is 0.818. The minimum atomic E-state index is -0.278. The van der Waals surface area contributed by atoms with Crippen LogP contribution in [0.2, 0.25) is 0 Å². The van der Waals surface area contributed by atoms with Crippen LogP contribution in [0.4, 0.5) is 5.95 Å². The molecule has 0 fully saturated rings. The third kappa shape index (κ3) is 2.24. The van der Waals surface area contributed by atoms with Crippen LogP contribution in [0.25, 0.3) is 0 Å². The number of hydrogen-bond donors (Lipinski definition) is 3. The lowest BCUT2D eigenvalue weighted by molar-refractivity contribution is 0.102. The number of carbonyl (C=O) groups excluding carboxylic acids is 1. The number of aryl methyl sites for hydroxylation is 1. The van der Waals surface area contributed by atoms with Gasteiger partial charge < -0.3 is 4.98 Å². The van der Waals surface area contributed by atoms with Crippen molar-refractivity contribution in [2.75, 3.05) is 5.32 Å². The van der Waals surface area contributed by atoms with E-state index >= 15 is 0 Å². The average molecular weight is 270 g/mol. The van der Waals surface area contributed by atoms with Crippen LogP contribution in [-0.2, 0) is 0 Å². The Labute approximate surface area is 93.6 Å². The van der Waals surface area contributed by atoms with Gasteiger partial charge in [-0.15, -0.1) is 5.10 Å². The summed E-state index contributed by atoms with van der Waals surface area (Å²) in [7, 11) is 0. The molecule has 78 valence electrons. The van der Waals surface area contributed by atoms with E-state index in [1.807, 2.05) is 0 Å². The van der Waals surface area contributed by atoms with Gasteiger partial charge in [-0.2, -0.15) is 4.98 Å². The van der Waals surface area contributed by atoms with Gasteiger partial charge in [0.25, 0.3) is 5.91 Å². The number of H-pyrrole nitrogens is 2. The molecular formula is C8H8BrN5O. The molecule has 1 amide bonds. The number of aromatic amines is 2. The number of nitrogens with one attached hydrogen (secondary N) is 3. The fraction of sp³-hybridized carbons (Fsp3) is 0.125. The molecule has 3 N–H and O–H groups in total. The van der Waals surface area contributed by atoms with Crippen molar-refractivity contribution in [1.82, 2.24) is 20.2 Å². The van der Waals surface area contributed by atoms with Gasteiger partial charge in [-0.25, -0.2) is 0 Å². The van der Waals surface area contributed by atoms with E-state index in [1.54, 1.807) is 19.2 Å². The Morgan fingerprint density at radius 2 is 2.40 bits per heavy atom. The predicted molar refractivity (Wildman–Crippen MR) is 57.6 cm³/mol. The zero-order valence-corrected chi connectivity index (χ0v) is 9.42. The normalized spacial score (nSPS) is 10.3. The molecule has 7 heteroatoms. The van der Waals surface area contributed by atoms with Crippen LogP contribution >= 0.6 is 15.9 Å². The smallest absolute Gasteiger partial charge is 0.274 e. The first kappa shape index (κ1) is 9.91. The number of aromatic nitrogens is 4. The summed E-state index contributed by atoms with van der Waals surface area (Å²) in [6, 6.07) is 1.68. The number of hydrogen-bond acceptors (Lipinski definition) is 3. The Morgan fingerprint density at radius 3 is 2.93 bits per heavy atom. The first-order valence-electron chi connectivity index (χ1n) is 4.19. The van der Waals surface area contributed by atoms with Crippen LogP contribution in [0, 0.1) is 6.92 Å². The molecule has 0 bridgehead atoms. The molecule has 0 spiro atoms. The second kappa shape index (κ2) is 3.85. The van der Waals surface area contributed by atoms with Crippen LogP contribution in [0.15, 0.2) is 16.7 Å². The molecule has 2 aromatic rings. The first-order chi connectivity index (χ1) is 7.15. The summed E-state index contributed by atoms with van der Waals surface area (Å²) >= 11 is 3.24. The highest BCUT2D eigenvalue weighted by atomic mass is 79.9. The highest BCUT2D eigenvalue weighted by Gasteiger charge is 2.10. The molecule has 2 aromatic heterocycles. The van der Waals surface area contributed by atoms with E-state index in [0.29, 0.717) is 11.5 Å². The van der Waals surface area contributed by atoms with Gasteiger partial charge in [-0.1, -0.05) is 0 Å². The monoisotopic (exact) mass is 269 g/mol. The van der Waals surface area contributed by atoms with Crippen molar-refractivity contribution in [2.45, 2.75) is 6.92 Å². The van der Waals surface area contributed by atoms with Crippen molar-refractivity contribution in [3.05, 3.63) is 28.3 Å². The maximum absolute atomic E-state index is 11.6. The fourth-order valence-electron chi connectivity index (χ4n) is 1.07. The van der Waals surface area contributed by atoms with Gasteiger partial charge in [0.05, 0.1) is 0 Å². The van der Waals surface area contributed by atoms with Crippen molar-refractivity contribution in [3.63, 3.8) is 0 Å². The SMILES string of the molecule is Cc1nc(NC(=O)c2cc(Br)c[nH]2)n[nH]1. The predicted octanol–water partition coefficient (Wildman–Crippen LogP) is 1.46. The van der Waals surface area contributed by atoms with E-state index < -0.39 is 0 Å². The standard InChI is InChI=1S/C8H8BrN5O/c1-4-11-8(14-13-4)12-7(15)6-2-5(9)3-10-6/h2-3,10H,1H3,(H2,11,12,13,14,15). The second-order valence-corrected chi connectivity index (χ2v) is 3.85. The molecule has 2 heterocycles. The van der Waals surface area contributed by atoms with E-state index in [9.17, 15) is 4.79 Å². The maximum Gasteiger partial charge on any atom is 0.274 e. The van der Waals surface area contributed by atoms with E-state index in [2.05, 4.69) is 41.4 Å². The Kier molecular flexibility index (Phi) is 2.55. The number of rotatable bonds is 2. The minimum Gasteiger partial charge on any atom is -0.356 e. The van der Waals surface area contributed by atoms with Crippen molar-refractivity contribution < 1.29 is 4.79 Å². The quantitative estimate of drug-likeness (QED) is 0.772. The molecule has 0 unspecified atom stereocenters. The lowest BCUT2D eigenvalue weighted by Gasteiger charge is -1.96. The largest absolute Gasteiger partial charge is 0.356 e. The van der Waals surface area contributed by atoms with Gasteiger partial charge in [-0.05, 0) is 28.9 Å². The number of anilines is 1. The van der Waals surface area contributed by atoms with Crippen LogP contribution < -0.4 is 5.32 Å². The van der Waals surface area contributed by atoms with Gasteiger partial charge >= 0.3 is 0 Å². The third-order valence-electron chi connectivity index (χ3n) is 1.71. The van der Waals surface area contributed by atoms with Crippen molar-refractivity contribution in [1.29, 1.82) is 0 Å². The zero-order chi connectivity index (χ0) is 10.8. The van der Waals surface area contributed by atoms with Gasteiger partial charge in [0.1, 0.15) is 11.5 Å². The molecule has 0 aromatic carbocycles. The topological polar surface area (TPSA) is 86.5 Å². The second-order valence-electron chi connectivity index (χ2n) is 2.93. The number of amides is 1. The maximum atomic E-state index is 11.6. The molecule has 0 aliphatic carbocycles. The lowest BCUT2D eigenvalue weighted by Crippen LogP contribution is -2.13. The van der Waals surface area contributed by atoms with E-state index in [1.165, 1.54) is 0 Å². The molecule has 2 rings (SSSR count). The molecule has 0 aliphatic rings. The van der Waals surface area contributed by atoms with Gasteiger partial charge in [-0.3, -0.25) is 15.2 Å². The summed E-state index contributed by atoms with van der Waals surface area (Å²) in [5, 5.41) is 8.98. The molecule has 6 nitrogen and oxygen atoms in total. The molecule has 0 saturated carbocycles. The Morgan fingerprint density at radius 1 is 1.60 bits per heavy atom. The average Bonchev–Trinajstić information content (AvgIpc) is 2.75. The summed E-state index contributed by atoms with van der Waals surface area (Å²) in [4.78, 5) is 18.3. The summed E-state index contributed by atoms with van der Waals surface area (Å²) in [6.45, 7) is 1.76. The third-order valence-corrected chi connectivity index (χ3v) is 2.17. The van der Waals surface area contributed by atoms with E-state index in [-0.39, 0.29) is 11.9 Å². The van der Waals surface area contributed by atoms with Crippen molar-refractivity contribution in [3.8, 4) is 0 Å². The van der Waals surface area contributed by atoms with E-state index in [0.717, 1.165) is 4.47 Å². The summed E-state index contributed by atoms with van der Waals surface area (Å²) in [6.07, 6.45) is 1.68. The van der Waals surface area contributed by atoms with E-state index in [4.69, 9.17) is 0 Å². The molecule has 0 aliphatic heterocycles. The molecular weight excluding hydrogens is 262 g/mol. The number of halogens is 1. The molecule has 0 saturated heterocycles. The molecule has 0 radical (unpaired) electrons. The number of nitrogens with zero attached hydrogens (tertiary/aromatic N) is 2. The lowest BCUT2D eigenvalue weighted by atomic mass is 10.4. The highest BCUT2D eigenvalue weighted by Crippen LogP contribution is 2.11. The first-order valence-corrected chi connectivity index (χ1v) is 4.99. The minimum absolute atomic E-state index is 0.267. The van der Waals surface area contributed by atoms with Gasteiger partial charge in [0, 0.05) is 10.7 Å². The van der Waals surface area contributed by atoms with Crippen LogP contribution in [-0.4, -0.2) is 26.1 Å². The number of carbonyl (C=O) groups is 1. The zero-order valence-electron chi connectivity index (χ0n) is 7.84. The Hall–Kier alpha value is -1.63. The summed E-state index contributed by atoms with van der Waals surface area (Å²) in [5.41, 5.74) is 0.448. The highest BCUT2D eigenvalue weighted by molar-refractivity contribution is 9.10. The van der Waals surface area contributed by atoms with Crippen LogP contribution in [0.3, 0.4) is 0 Å². The summed E-state index contributed by atoms with van der Waals surface area (Å²) in [5.74, 6) is 0.640. The van der Waals surface area contributed by atoms with Crippen molar-refractivity contribution >= 4 is 27.8 Å². The Balaban J connectivity index is 2.10. The van der Waals surface area contributed by atoms with Crippen LogP contribution in [0.5, 0.6) is 0 Å². The fourth-order valence-corrected chi connectivity index (χ4v) is 1.41. The van der Waals surface area contributed by atoms with Gasteiger partial charge in [0.15, 0.2) is 0 Å². The molecule has 0 atom stereocenters. The van der Waals surface area contributed by atoms with Gasteiger partial charge in [0.2, 0.25) is 5.95 Å². The van der Waals surface area contributed by atoms with Crippen molar-refractivity contribution in [2.24, 2.45) is 0 Å². The van der Waals surface area contributed by atoms with Crippen LogP contribution in [0.1, 0.15) is 16.3 Å².